The van der Waals surface area contributed by atoms with Gasteiger partial charge in [0.05, 0.1) is 17.9 Å². The lowest BCUT2D eigenvalue weighted by Crippen LogP contribution is -2.42. The summed E-state index contributed by atoms with van der Waals surface area (Å²) in [5.41, 5.74) is 0.863. The Balaban J connectivity index is 1.83. The van der Waals surface area contributed by atoms with Gasteiger partial charge in [-0.25, -0.2) is 0 Å². The van der Waals surface area contributed by atoms with Crippen molar-refractivity contribution in [2.75, 3.05) is 13.2 Å². The van der Waals surface area contributed by atoms with E-state index in [1.807, 2.05) is 24.3 Å². The molecule has 2 atom stereocenters. The van der Waals surface area contributed by atoms with Crippen LogP contribution in [-0.4, -0.2) is 29.2 Å². The molecule has 0 fully saturated rings. The van der Waals surface area contributed by atoms with E-state index in [1.165, 1.54) is 0 Å². The summed E-state index contributed by atoms with van der Waals surface area (Å²) in [7, 11) is 0. The minimum atomic E-state index is -0.124. The number of likely N-dealkylation sites (N-methyl/N-ethyl adjacent to an activating group) is 1. The first-order valence-corrected chi connectivity index (χ1v) is 6.76. The molecule has 0 saturated heterocycles. The highest BCUT2D eigenvalue weighted by molar-refractivity contribution is 5.41. The van der Waals surface area contributed by atoms with E-state index in [-0.39, 0.29) is 12.1 Å². The van der Waals surface area contributed by atoms with Crippen LogP contribution in [0.3, 0.4) is 0 Å². The van der Waals surface area contributed by atoms with Crippen molar-refractivity contribution in [3.05, 3.63) is 48.5 Å². The third-order valence-corrected chi connectivity index (χ3v) is 3.23. The zero-order valence-corrected chi connectivity index (χ0v) is 11.3. The van der Waals surface area contributed by atoms with Gasteiger partial charge in [-0.2, -0.15) is 0 Å². The van der Waals surface area contributed by atoms with Crippen LogP contribution in [0, 0.1) is 0 Å². The number of nitrogens with zero attached hydrogens (tertiary/aromatic N) is 2. The van der Waals surface area contributed by atoms with Crippen molar-refractivity contribution >= 4 is 0 Å². The second-order valence-corrected chi connectivity index (χ2v) is 4.58. The van der Waals surface area contributed by atoms with E-state index in [9.17, 15) is 0 Å². The van der Waals surface area contributed by atoms with E-state index >= 15 is 0 Å². The van der Waals surface area contributed by atoms with E-state index < -0.39 is 0 Å². The topological polar surface area (TPSA) is 56.3 Å². The van der Waals surface area contributed by atoms with E-state index in [1.54, 1.807) is 18.6 Å². The average Bonchev–Trinajstić information content (AvgIpc) is 2.53. The van der Waals surface area contributed by atoms with Crippen LogP contribution in [0.25, 0.3) is 0 Å². The number of para-hydroxylation sites is 2. The lowest BCUT2D eigenvalue weighted by Gasteiger charge is -2.32. The van der Waals surface area contributed by atoms with Gasteiger partial charge in [0.2, 0.25) is 0 Å². The molecule has 1 N–H and O–H groups in total. The van der Waals surface area contributed by atoms with Crippen LogP contribution in [0.1, 0.15) is 18.7 Å². The van der Waals surface area contributed by atoms with E-state index in [2.05, 4.69) is 22.2 Å². The molecule has 0 bridgehead atoms. The normalized spacial score (nSPS) is 18.6. The second-order valence-electron chi connectivity index (χ2n) is 4.58. The van der Waals surface area contributed by atoms with Crippen molar-refractivity contribution in [2.45, 2.75) is 19.1 Å². The first-order valence-electron chi connectivity index (χ1n) is 6.76. The van der Waals surface area contributed by atoms with E-state index in [4.69, 9.17) is 9.47 Å². The zero-order chi connectivity index (χ0) is 13.8. The minimum absolute atomic E-state index is 0.0398. The number of benzene rings is 1. The molecule has 3 rings (SSSR count). The second kappa shape index (κ2) is 5.88. The van der Waals surface area contributed by atoms with Crippen LogP contribution in [0.5, 0.6) is 11.5 Å². The molecular formula is C15H17N3O2. The predicted octanol–water partition coefficient (Wildman–Crippen LogP) is 1.97. The molecule has 0 spiro atoms. The Kier molecular flexibility index (Phi) is 3.78. The maximum atomic E-state index is 6.05. The minimum Gasteiger partial charge on any atom is -0.486 e. The van der Waals surface area contributed by atoms with Crippen molar-refractivity contribution in [3.63, 3.8) is 0 Å². The van der Waals surface area contributed by atoms with Gasteiger partial charge in [-0.15, -0.1) is 0 Å². The smallest absolute Gasteiger partial charge is 0.161 e. The fraction of sp³-hybridized carbons (Fsp3) is 0.333. The van der Waals surface area contributed by atoms with Crippen molar-refractivity contribution in [3.8, 4) is 11.5 Å². The Bertz CT molecular complexity index is 562. The third-order valence-electron chi connectivity index (χ3n) is 3.23. The lowest BCUT2D eigenvalue weighted by molar-refractivity contribution is 0.0609. The highest BCUT2D eigenvalue weighted by Gasteiger charge is 2.30. The number of aromatic nitrogens is 2. The Morgan fingerprint density at radius 1 is 1.30 bits per heavy atom. The van der Waals surface area contributed by atoms with Crippen molar-refractivity contribution < 1.29 is 9.47 Å². The predicted molar refractivity (Wildman–Crippen MR) is 74.8 cm³/mol. The van der Waals surface area contributed by atoms with E-state index in [0.29, 0.717) is 6.61 Å². The molecule has 5 nitrogen and oxygen atoms in total. The molecule has 104 valence electrons. The van der Waals surface area contributed by atoms with Gasteiger partial charge in [0, 0.05) is 12.4 Å². The maximum Gasteiger partial charge on any atom is 0.161 e. The van der Waals surface area contributed by atoms with Crippen LogP contribution < -0.4 is 14.8 Å². The summed E-state index contributed by atoms with van der Waals surface area (Å²) in [5.74, 6) is 1.56. The first-order chi connectivity index (χ1) is 9.88. The molecule has 2 aromatic rings. The van der Waals surface area contributed by atoms with Crippen molar-refractivity contribution in [1.29, 1.82) is 0 Å². The Hall–Kier alpha value is -2.14. The molecule has 1 aromatic carbocycles. The molecule has 0 amide bonds. The summed E-state index contributed by atoms with van der Waals surface area (Å²) >= 11 is 0. The third kappa shape index (κ3) is 2.58. The lowest BCUT2D eigenvalue weighted by atomic mass is 10.1. The van der Waals surface area contributed by atoms with E-state index in [0.717, 1.165) is 23.7 Å². The number of rotatable bonds is 4. The number of ether oxygens (including phenoxy) is 2. The Morgan fingerprint density at radius 3 is 2.90 bits per heavy atom. The van der Waals surface area contributed by atoms with Crippen molar-refractivity contribution in [2.24, 2.45) is 0 Å². The summed E-state index contributed by atoms with van der Waals surface area (Å²) < 4.78 is 11.8. The first kappa shape index (κ1) is 12.9. The SMILES string of the molecule is CCNC(c1cnccn1)C1COc2ccccc2O1. The molecule has 1 aliphatic heterocycles. The molecule has 0 radical (unpaired) electrons. The van der Waals surface area contributed by atoms with Gasteiger partial charge in [-0.3, -0.25) is 9.97 Å². The average molecular weight is 271 g/mol. The quantitative estimate of drug-likeness (QED) is 0.921. The molecular weight excluding hydrogens is 254 g/mol. The van der Waals surface area contributed by atoms with Gasteiger partial charge in [0.25, 0.3) is 0 Å². The Morgan fingerprint density at radius 2 is 2.15 bits per heavy atom. The van der Waals surface area contributed by atoms with Crippen LogP contribution in [-0.2, 0) is 0 Å². The summed E-state index contributed by atoms with van der Waals surface area (Å²) in [6, 6.07) is 7.67. The maximum absolute atomic E-state index is 6.05. The van der Waals surface area contributed by atoms with Crippen LogP contribution in [0.15, 0.2) is 42.9 Å². The highest BCUT2D eigenvalue weighted by atomic mass is 16.6. The van der Waals surface area contributed by atoms with Gasteiger partial charge < -0.3 is 14.8 Å². The van der Waals surface area contributed by atoms with Gasteiger partial charge in [-0.1, -0.05) is 19.1 Å². The largest absolute Gasteiger partial charge is 0.486 e. The monoisotopic (exact) mass is 271 g/mol. The molecule has 1 aliphatic rings. The number of hydrogen-bond acceptors (Lipinski definition) is 5. The summed E-state index contributed by atoms with van der Waals surface area (Å²) in [6.07, 6.45) is 5.00. The molecule has 0 aliphatic carbocycles. The van der Waals surface area contributed by atoms with Gasteiger partial charge in [-0.05, 0) is 18.7 Å². The molecule has 1 aromatic heterocycles. The van der Waals surface area contributed by atoms with Gasteiger partial charge >= 0.3 is 0 Å². The Labute approximate surface area is 118 Å². The van der Waals surface area contributed by atoms with Gasteiger partial charge in [0.1, 0.15) is 6.61 Å². The molecule has 20 heavy (non-hydrogen) atoms. The molecule has 2 heterocycles. The highest BCUT2D eigenvalue weighted by Crippen LogP contribution is 2.33. The summed E-state index contributed by atoms with van der Waals surface area (Å²) in [4.78, 5) is 8.50. The fourth-order valence-electron chi connectivity index (χ4n) is 2.32. The zero-order valence-electron chi connectivity index (χ0n) is 11.3. The number of fused-ring (bicyclic) bond motifs is 1. The molecule has 2 unspecified atom stereocenters. The van der Waals surface area contributed by atoms with Crippen LogP contribution in [0.4, 0.5) is 0 Å². The van der Waals surface area contributed by atoms with Gasteiger partial charge in [0.15, 0.2) is 17.6 Å². The standard InChI is InChI=1S/C15H17N3O2/c1-2-17-15(11-9-16-7-8-18-11)14-10-19-12-5-3-4-6-13(12)20-14/h3-9,14-15,17H,2,10H2,1H3. The summed E-state index contributed by atoms with van der Waals surface area (Å²) in [6.45, 7) is 3.37. The van der Waals surface area contributed by atoms with Crippen LogP contribution in [0.2, 0.25) is 0 Å². The fourth-order valence-corrected chi connectivity index (χ4v) is 2.32. The molecule has 5 heteroatoms. The number of hydrogen-bond donors (Lipinski definition) is 1. The number of nitrogens with one attached hydrogen (secondary N) is 1. The van der Waals surface area contributed by atoms with Crippen LogP contribution >= 0.6 is 0 Å². The molecule has 0 saturated carbocycles. The van der Waals surface area contributed by atoms with Crippen molar-refractivity contribution in [1.82, 2.24) is 15.3 Å². The summed E-state index contributed by atoms with van der Waals surface area (Å²) in [5, 5.41) is 3.39.